The maximum absolute atomic E-state index is 13.1. The molecule has 0 unspecified atom stereocenters. The first-order chi connectivity index (χ1) is 12.2. The van der Waals surface area contributed by atoms with Gasteiger partial charge in [-0.05, 0) is 35.9 Å². The van der Waals surface area contributed by atoms with Crippen molar-refractivity contribution < 1.29 is 4.39 Å². The maximum atomic E-state index is 13.1. The van der Waals surface area contributed by atoms with Gasteiger partial charge in [0.05, 0.1) is 5.69 Å². The fourth-order valence-corrected chi connectivity index (χ4v) is 3.33. The number of H-pyrrole nitrogens is 1. The van der Waals surface area contributed by atoms with E-state index in [0.29, 0.717) is 22.1 Å². The van der Waals surface area contributed by atoms with E-state index in [2.05, 4.69) is 15.3 Å². The summed E-state index contributed by atoms with van der Waals surface area (Å²) in [5.41, 5.74) is 2.58. The minimum Gasteiger partial charge on any atom is -0.266 e. The molecule has 5 nitrogen and oxygen atoms in total. The van der Waals surface area contributed by atoms with E-state index < -0.39 is 0 Å². The molecule has 1 N–H and O–H groups in total. The second kappa shape index (κ2) is 6.52. The quantitative estimate of drug-likeness (QED) is 0.571. The molecule has 4 aromatic rings. The highest BCUT2D eigenvalue weighted by atomic mass is 32.2. The van der Waals surface area contributed by atoms with E-state index in [0.717, 1.165) is 11.1 Å². The first-order valence-corrected chi connectivity index (χ1v) is 8.60. The van der Waals surface area contributed by atoms with Gasteiger partial charge in [0.15, 0.2) is 0 Å². The van der Waals surface area contributed by atoms with Gasteiger partial charge in [0.1, 0.15) is 11.3 Å². The molecule has 2 aromatic carbocycles. The predicted octanol–water partition coefficient (Wildman–Crippen LogP) is 3.52. The molecule has 25 heavy (non-hydrogen) atoms. The van der Waals surface area contributed by atoms with Crippen molar-refractivity contribution >= 4 is 17.3 Å². The standard InChI is InChI=1S/C18H13FN4OS/c19-14-8-6-13(7-9-14)15-10-16-17(24)20-21-18(23(16)22-15)25-11-12-4-2-1-3-5-12/h1-10H,11H2,(H,20,24). The first kappa shape index (κ1) is 15.6. The van der Waals surface area contributed by atoms with Crippen LogP contribution in [0.3, 0.4) is 0 Å². The van der Waals surface area contributed by atoms with Crippen LogP contribution in [0, 0.1) is 5.82 Å². The number of aromatic nitrogens is 4. The molecule has 0 aliphatic carbocycles. The van der Waals surface area contributed by atoms with Crippen molar-refractivity contribution in [3.63, 3.8) is 0 Å². The highest BCUT2D eigenvalue weighted by Gasteiger charge is 2.12. The van der Waals surface area contributed by atoms with E-state index in [1.807, 2.05) is 30.3 Å². The van der Waals surface area contributed by atoms with Crippen molar-refractivity contribution in [3.05, 3.63) is 82.4 Å². The average molecular weight is 352 g/mol. The number of hydrogen-bond acceptors (Lipinski definition) is 4. The third-order valence-corrected chi connectivity index (χ3v) is 4.73. The molecule has 2 heterocycles. The van der Waals surface area contributed by atoms with Crippen molar-refractivity contribution in [1.29, 1.82) is 0 Å². The molecule has 0 saturated carbocycles. The van der Waals surface area contributed by atoms with Crippen molar-refractivity contribution in [1.82, 2.24) is 19.8 Å². The van der Waals surface area contributed by atoms with Gasteiger partial charge in [0.2, 0.25) is 5.16 Å². The van der Waals surface area contributed by atoms with Crippen LogP contribution >= 0.6 is 11.8 Å². The van der Waals surface area contributed by atoms with Crippen LogP contribution in [-0.4, -0.2) is 19.8 Å². The molecule has 0 bridgehead atoms. The van der Waals surface area contributed by atoms with E-state index in [4.69, 9.17) is 0 Å². The lowest BCUT2D eigenvalue weighted by Gasteiger charge is -2.03. The van der Waals surface area contributed by atoms with Crippen LogP contribution in [0.1, 0.15) is 5.56 Å². The highest BCUT2D eigenvalue weighted by Crippen LogP contribution is 2.23. The predicted molar refractivity (Wildman–Crippen MR) is 95.0 cm³/mol. The Morgan fingerprint density at radius 1 is 1.08 bits per heavy atom. The molecule has 0 amide bonds. The Kier molecular flexibility index (Phi) is 4.07. The van der Waals surface area contributed by atoms with Gasteiger partial charge < -0.3 is 0 Å². The third kappa shape index (κ3) is 3.18. The Hall–Kier alpha value is -2.93. The van der Waals surface area contributed by atoms with Gasteiger partial charge in [-0.3, -0.25) is 4.79 Å². The second-order valence-electron chi connectivity index (χ2n) is 5.44. The molecule has 0 radical (unpaired) electrons. The summed E-state index contributed by atoms with van der Waals surface area (Å²) in [7, 11) is 0. The molecule has 124 valence electrons. The van der Waals surface area contributed by atoms with Gasteiger partial charge in [-0.25, -0.2) is 14.0 Å². The average Bonchev–Trinajstić information content (AvgIpc) is 3.09. The summed E-state index contributed by atoms with van der Waals surface area (Å²) in [5, 5.41) is 11.7. The van der Waals surface area contributed by atoms with Crippen LogP contribution in [0.4, 0.5) is 4.39 Å². The Balaban J connectivity index is 1.72. The van der Waals surface area contributed by atoms with Gasteiger partial charge in [0, 0.05) is 11.3 Å². The van der Waals surface area contributed by atoms with Gasteiger partial charge in [-0.2, -0.15) is 5.10 Å². The highest BCUT2D eigenvalue weighted by molar-refractivity contribution is 7.98. The van der Waals surface area contributed by atoms with Gasteiger partial charge in [-0.1, -0.05) is 42.1 Å². The molecule has 0 aliphatic rings. The van der Waals surface area contributed by atoms with Crippen LogP contribution in [0.25, 0.3) is 16.8 Å². The fourth-order valence-electron chi connectivity index (χ4n) is 2.47. The second-order valence-corrected chi connectivity index (χ2v) is 6.39. The number of fused-ring (bicyclic) bond motifs is 1. The largest absolute Gasteiger partial charge is 0.290 e. The number of benzene rings is 2. The van der Waals surface area contributed by atoms with Crippen molar-refractivity contribution in [2.45, 2.75) is 10.9 Å². The lowest BCUT2D eigenvalue weighted by Crippen LogP contribution is -2.13. The number of aromatic amines is 1. The fraction of sp³-hybridized carbons (Fsp3) is 0.0556. The number of halogens is 1. The molecule has 0 aliphatic heterocycles. The van der Waals surface area contributed by atoms with Gasteiger partial charge >= 0.3 is 0 Å². The number of nitrogens with zero attached hydrogens (tertiary/aromatic N) is 3. The Morgan fingerprint density at radius 2 is 1.84 bits per heavy atom. The minimum atomic E-state index is -0.315. The molecular weight excluding hydrogens is 339 g/mol. The first-order valence-electron chi connectivity index (χ1n) is 7.62. The number of nitrogens with one attached hydrogen (secondary N) is 1. The van der Waals surface area contributed by atoms with Crippen LogP contribution in [0.2, 0.25) is 0 Å². The summed E-state index contributed by atoms with van der Waals surface area (Å²) in [6.45, 7) is 0. The monoisotopic (exact) mass is 352 g/mol. The lowest BCUT2D eigenvalue weighted by atomic mass is 10.1. The maximum Gasteiger partial charge on any atom is 0.290 e. The van der Waals surface area contributed by atoms with E-state index in [1.54, 1.807) is 18.2 Å². The molecule has 0 saturated heterocycles. The summed E-state index contributed by atoms with van der Waals surface area (Å²) in [6.07, 6.45) is 0. The van der Waals surface area contributed by atoms with E-state index >= 15 is 0 Å². The van der Waals surface area contributed by atoms with Gasteiger partial charge in [-0.15, -0.1) is 5.10 Å². The summed E-state index contributed by atoms with van der Waals surface area (Å²) in [4.78, 5) is 12.1. The Morgan fingerprint density at radius 3 is 2.60 bits per heavy atom. The number of thioether (sulfide) groups is 1. The van der Waals surface area contributed by atoms with Gasteiger partial charge in [0.25, 0.3) is 5.56 Å². The van der Waals surface area contributed by atoms with Crippen LogP contribution < -0.4 is 5.56 Å². The molecule has 2 aromatic heterocycles. The summed E-state index contributed by atoms with van der Waals surface area (Å²) in [6, 6.07) is 17.7. The minimum absolute atomic E-state index is 0.314. The zero-order chi connectivity index (χ0) is 17.2. The summed E-state index contributed by atoms with van der Waals surface area (Å²) < 4.78 is 14.6. The van der Waals surface area contributed by atoms with Crippen molar-refractivity contribution in [3.8, 4) is 11.3 Å². The van der Waals surface area contributed by atoms with Crippen molar-refractivity contribution in [2.75, 3.05) is 0 Å². The Bertz CT molecular complexity index is 1070. The van der Waals surface area contributed by atoms with E-state index in [1.165, 1.54) is 28.4 Å². The normalized spacial score (nSPS) is 11.1. The smallest absolute Gasteiger partial charge is 0.266 e. The zero-order valence-corrected chi connectivity index (χ0v) is 13.8. The molecule has 0 atom stereocenters. The van der Waals surface area contributed by atoms with E-state index in [9.17, 15) is 9.18 Å². The molecule has 0 fully saturated rings. The Labute approximate surface area is 146 Å². The molecule has 4 rings (SSSR count). The lowest BCUT2D eigenvalue weighted by molar-refractivity contribution is 0.628. The third-order valence-electron chi connectivity index (χ3n) is 3.73. The molecule has 7 heteroatoms. The SMILES string of the molecule is O=c1[nH]nc(SCc2ccccc2)n2nc(-c3ccc(F)cc3)cc12. The summed E-state index contributed by atoms with van der Waals surface area (Å²) >= 11 is 1.48. The summed E-state index contributed by atoms with van der Waals surface area (Å²) in [5.74, 6) is 0.395. The number of rotatable bonds is 4. The zero-order valence-electron chi connectivity index (χ0n) is 13.0. The van der Waals surface area contributed by atoms with E-state index in [-0.39, 0.29) is 11.4 Å². The van der Waals surface area contributed by atoms with Crippen LogP contribution in [0.15, 0.2) is 70.6 Å². The van der Waals surface area contributed by atoms with Crippen molar-refractivity contribution in [2.24, 2.45) is 0 Å². The topological polar surface area (TPSA) is 63.0 Å². The molecular formula is C18H13FN4OS. The van der Waals surface area contributed by atoms with Crippen LogP contribution in [-0.2, 0) is 5.75 Å². The number of hydrogen-bond donors (Lipinski definition) is 1. The van der Waals surface area contributed by atoms with Crippen LogP contribution in [0.5, 0.6) is 0 Å². The molecule has 0 spiro atoms.